The van der Waals surface area contributed by atoms with Gasteiger partial charge < -0.3 is 20.4 Å². The van der Waals surface area contributed by atoms with Crippen LogP contribution in [0.3, 0.4) is 0 Å². The van der Waals surface area contributed by atoms with Crippen LogP contribution in [0.2, 0.25) is 0 Å². The van der Waals surface area contributed by atoms with E-state index in [1.165, 1.54) is 122 Å². The number of unbranched alkanes of at least 4 members (excludes halogenated alkanes) is 19. The number of hydrogen-bond acceptors (Lipinski definition) is 4. The predicted octanol–water partition coefficient (Wildman–Crippen LogP) is 9.26. The molecule has 0 aromatic carbocycles. The van der Waals surface area contributed by atoms with Crippen molar-refractivity contribution in [3.63, 3.8) is 0 Å². The topological polar surface area (TPSA) is 64.7 Å². The van der Waals surface area contributed by atoms with Crippen molar-refractivity contribution in [3.8, 4) is 0 Å². The van der Waals surface area contributed by atoms with Gasteiger partial charge in [0.2, 0.25) is 11.8 Å². The molecule has 0 fully saturated rings. The van der Waals surface area contributed by atoms with E-state index >= 15 is 0 Å². The molecule has 0 aromatic heterocycles. The highest BCUT2D eigenvalue weighted by atomic mass is 16.2. The summed E-state index contributed by atoms with van der Waals surface area (Å²) in [5.74, 6) is 0.467. The Morgan fingerprint density at radius 1 is 0.386 bits per heavy atom. The fraction of sp³-hybridized carbons (Fsp3) is 0.947. The Kier molecular flexibility index (Phi) is 33.8. The summed E-state index contributed by atoms with van der Waals surface area (Å²) < 4.78 is 0. The van der Waals surface area contributed by atoms with Crippen LogP contribution in [0.25, 0.3) is 0 Å². The van der Waals surface area contributed by atoms with Crippen LogP contribution in [-0.2, 0) is 9.59 Å². The molecule has 2 N–H and O–H groups in total. The molecule has 6 heteroatoms. The quantitative estimate of drug-likeness (QED) is 0.0692. The summed E-state index contributed by atoms with van der Waals surface area (Å²) in [6.07, 6.45) is 31.7. The van der Waals surface area contributed by atoms with Gasteiger partial charge in [-0.05, 0) is 85.2 Å². The molecule has 2 amide bonds. The molecule has 0 aliphatic carbocycles. The standard InChI is InChI=1S/C38H78N4O2/c1-5-7-9-11-13-15-17-19-22-29-37(43)39-31-24-27-35-41(3)33-25-21-26-34-42(4)36-28-32-40-38(44)30-23-20-18-16-14-12-10-8-6-2/h5-36H2,1-4H3,(H,39,43)(H,40,44). The third-order valence-electron chi connectivity index (χ3n) is 8.92. The van der Waals surface area contributed by atoms with Gasteiger partial charge in [0.15, 0.2) is 0 Å². The molecule has 0 heterocycles. The molecule has 0 saturated heterocycles. The molecule has 0 spiro atoms. The lowest BCUT2D eigenvalue weighted by molar-refractivity contribution is -0.122. The minimum Gasteiger partial charge on any atom is -0.356 e. The third kappa shape index (κ3) is 33.7. The maximum absolute atomic E-state index is 12.1. The largest absolute Gasteiger partial charge is 0.356 e. The van der Waals surface area contributed by atoms with Crippen LogP contribution in [0.15, 0.2) is 0 Å². The summed E-state index contributed by atoms with van der Waals surface area (Å²) in [4.78, 5) is 28.9. The van der Waals surface area contributed by atoms with Gasteiger partial charge in [-0.25, -0.2) is 0 Å². The first-order valence-electron chi connectivity index (χ1n) is 19.4. The molecule has 0 aliphatic rings. The van der Waals surface area contributed by atoms with Crippen LogP contribution in [0, 0.1) is 0 Å². The van der Waals surface area contributed by atoms with Gasteiger partial charge in [0.05, 0.1) is 0 Å². The van der Waals surface area contributed by atoms with Crippen molar-refractivity contribution in [1.82, 2.24) is 20.4 Å². The van der Waals surface area contributed by atoms with Crippen LogP contribution in [0.4, 0.5) is 0 Å². The first kappa shape index (κ1) is 42.9. The Morgan fingerprint density at radius 2 is 0.682 bits per heavy atom. The minimum absolute atomic E-state index is 0.230. The van der Waals surface area contributed by atoms with Crippen molar-refractivity contribution in [2.75, 3.05) is 53.4 Å². The van der Waals surface area contributed by atoms with Gasteiger partial charge in [0.25, 0.3) is 0 Å². The minimum atomic E-state index is 0.230. The summed E-state index contributed by atoms with van der Waals surface area (Å²) in [5, 5.41) is 6.22. The molecule has 0 radical (unpaired) electrons. The average Bonchev–Trinajstić information content (AvgIpc) is 3.01. The number of amides is 2. The van der Waals surface area contributed by atoms with Crippen molar-refractivity contribution in [1.29, 1.82) is 0 Å². The van der Waals surface area contributed by atoms with E-state index in [1.807, 2.05) is 0 Å². The maximum Gasteiger partial charge on any atom is 0.219 e. The molecular weight excluding hydrogens is 544 g/mol. The lowest BCUT2D eigenvalue weighted by atomic mass is 10.1. The van der Waals surface area contributed by atoms with Crippen molar-refractivity contribution >= 4 is 11.8 Å². The van der Waals surface area contributed by atoms with E-state index < -0.39 is 0 Å². The monoisotopic (exact) mass is 623 g/mol. The number of hydrogen-bond donors (Lipinski definition) is 2. The van der Waals surface area contributed by atoms with E-state index in [9.17, 15) is 9.59 Å². The number of nitrogens with zero attached hydrogens (tertiary/aromatic N) is 2. The van der Waals surface area contributed by atoms with Gasteiger partial charge in [-0.1, -0.05) is 123 Å². The highest BCUT2D eigenvalue weighted by molar-refractivity contribution is 5.76. The highest BCUT2D eigenvalue weighted by Crippen LogP contribution is 2.11. The van der Waals surface area contributed by atoms with Gasteiger partial charge >= 0.3 is 0 Å². The zero-order chi connectivity index (χ0) is 32.4. The summed E-state index contributed by atoms with van der Waals surface area (Å²) in [7, 11) is 4.42. The lowest BCUT2D eigenvalue weighted by Crippen LogP contribution is -2.28. The van der Waals surface area contributed by atoms with E-state index in [0.717, 1.165) is 71.4 Å². The summed E-state index contributed by atoms with van der Waals surface area (Å²) in [5.41, 5.74) is 0. The Hall–Kier alpha value is -1.14. The van der Waals surface area contributed by atoms with Gasteiger partial charge in [0, 0.05) is 25.9 Å². The molecule has 0 saturated carbocycles. The number of rotatable bonds is 35. The molecule has 262 valence electrons. The van der Waals surface area contributed by atoms with E-state index in [2.05, 4.69) is 48.4 Å². The molecule has 0 rings (SSSR count). The molecule has 0 bridgehead atoms. The molecule has 0 aromatic rings. The molecule has 0 unspecified atom stereocenters. The normalized spacial score (nSPS) is 11.5. The van der Waals surface area contributed by atoms with Crippen LogP contribution >= 0.6 is 0 Å². The van der Waals surface area contributed by atoms with Crippen LogP contribution in [0.1, 0.15) is 181 Å². The second-order valence-corrected chi connectivity index (χ2v) is 13.6. The maximum atomic E-state index is 12.1. The Balaban J connectivity index is 3.43. The fourth-order valence-corrected chi connectivity index (χ4v) is 5.84. The Morgan fingerprint density at radius 3 is 1.09 bits per heavy atom. The van der Waals surface area contributed by atoms with Crippen LogP contribution in [-0.4, -0.2) is 75.0 Å². The van der Waals surface area contributed by atoms with E-state index in [1.54, 1.807) is 0 Å². The first-order valence-corrected chi connectivity index (χ1v) is 19.4. The fourth-order valence-electron chi connectivity index (χ4n) is 5.84. The molecule has 44 heavy (non-hydrogen) atoms. The smallest absolute Gasteiger partial charge is 0.219 e. The second kappa shape index (κ2) is 34.7. The summed E-state index contributed by atoms with van der Waals surface area (Å²) in [6, 6.07) is 0. The van der Waals surface area contributed by atoms with E-state index in [-0.39, 0.29) is 11.8 Å². The Labute approximate surface area is 275 Å². The molecule has 0 aliphatic heterocycles. The third-order valence-corrected chi connectivity index (χ3v) is 8.92. The zero-order valence-corrected chi connectivity index (χ0v) is 30.3. The number of nitrogens with one attached hydrogen (secondary N) is 2. The van der Waals surface area contributed by atoms with Crippen LogP contribution < -0.4 is 10.6 Å². The number of carbonyl (C=O) groups is 2. The molecule has 6 nitrogen and oxygen atoms in total. The van der Waals surface area contributed by atoms with Crippen LogP contribution in [0.5, 0.6) is 0 Å². The summed E-state index contributed by atoms with van der Waals surface area (Å²) in [6.45, 7) is 10.6. The Bertz CT molecular complexity index is 616. The summed E-state index contributed by atoms with van der Waals surface area (Å²) >= 11 is 0. The van der Waals surface area contributed by atoms with Crippen molar-refractivity contribution in [2.24, 2.45) is 0 Å². The average molecular weight is 623 g/mol. The lowest BCUT2D eigenvalue weighted by Gasteiger charge is -2.18. The van der Waals surface area contributed by atoms with Gasteiger partial charge in [-0.15, -0.1) is 0 Å². The second-order valence-electron chi connectivity index (χ2n) is 13.6. The van der Waals surface area contributed by atoms with Crippen molar-refractivity contribution in [2.45, 2.75) is 181 Å². The van der Waals surface area contributed by atoms with Crippen molar-refractivity contribution < 1.29 is 9.59 Å². The highest BCUT2D eigenvalue weighted by Gasteiger charge is 2.04. The molecular formula is C38H78N4O2. The van der Waals surface area contributed by atoms with Gasteiger partial charge in [-0.2, -0.15) is 0 Å². The SMILES string of the molecule is CCCCCCCCCCCC(=O)NCCCCN(C)CCCCCN(C)CCCNC(=O)CCCCCCCCCCC. The predicted molar refractivity (Wildman–Crippen MR) is 192 cm³/mol. The van der Waals surface area contributed by atoms with Crippen molar-refractivity contribution in [3.05, 3.63) is 0 Å². The first-order chi connectivity index (χ1) is 21.5. The number of carbonyl (C=O) groups excluding carboxylic acids is 2. The van der Waals surface area contributed by atoms with E-state index in [4.69, 9.17) is 0 Å². The molecule has 0 atom stereocenters. The van der Waals surface area contributed by atoms with Gasteiger partial charge in [-0.3, -0.25) is 9.59 Å². The van der Waals surface area contributed by atoms with Gasteiger partial charge in [0.1, 0.15) is 0 Å². The zero-order valence-electron chi connectivity index (χ0n) is 30.3. The van der Waals surface area contributed by atoms with E-state index in [0.29, 0.717) is 12.8 Å².